The molecule has 1 N–H and O–H groups in total. The van der Waals surface area contributed by atoms with Gasteiger partial charge in [0.15, 0.2) is 6.61 Å². The lowest BCUT2D eigenvalue weighted by atomic mass is 10.0. The van der Waals surface area contributed by atoms with Gasteiger partial charge in [0.2, 0.25) is 11.8 Å². The van der Waals surface area contributed by atoms with Crippen LogP contribution in [0.15, 0.2) is 48.5 Å². The van der Waals surface area contributed by atoms with Crippen LogP contribution in [0, 0.1) is 0 Å². The van der Waals surface area contributed by atoms with Crippen LogP contribution in [0.25, 0.3) is 0 Å². The molecule has 0 spiro atoms. The van der Waals surface area contributed by atoms with E-state index in [1.54, 1.807) is 30.1 Å². The Hall–Kier alpha value is -3.35. The summed E-state index contributed by atoms with van der Waals surface area (Å²) >= 11 is 0. The number of amides is 3. The molecule has 31 heavy (non-hydrogen) atoms. The molecule has 0 bridgehead atoms. The smallest absolute Gasteiger partial charge is 0.260 e. The topological polar surface area (TPSA) is 79.0 Å². The van der Waals surface area contributed by atoms with E-state index in [0.29, 0.717) is 17.1 Å². The fourth-order valence-electron chi connectivity index (χ4n) is 3.67. The van der Waals surface area contributed by atoms with Crippen molar-refractivity contribution >= 4 is 29.1 Å². The predicted molar refractivity (Wildman–Crippen MR) is 120 cm³/mol. The van der Waals surface area contributed by atoms with E-state index < -0.39 is 0 Å². The fraction of sp³-hybridized carbons (Fsp3) is 0.375. The summed E-state index contributed by atoms with van der Waals surface area (Å²) in [6, 6.07) is 14.5. The summed E-state index contributed by atoms with van der Waals surface area (Å²) in [5.41, 5.74) is 2.25. The Morgan fingerprint density at radius 1 is 1.16 bits per heavy atom. The van der Waals surface area contributed by atoms with Crippen LogP contribution in [0.1, 0.15) is 38.7 Å². The van der Waals surface area contributed by atoms with Crippen molar-refractivity contribution in [3.05, 3.63) is 54.1 Å². The van der Waals surface area contributed by atoms with Gasteiger partial charge in [0.1, 0.15) is 5.75 Å². The van der Waals surface area contributed by atoms with Crippen LogP contribution in [0.2, 0.25) is 0 Å². The molecule has 0 fully saturated rings. The van der Waals surface area contributed by atoms with E-state index in [1.807, 2.05) is 37.3 Å². The molecule has 1 aliphatic heterocycles. The summed E-state index contributed by atoms with van der Waals surface area (Å²) in [4.78, 5) is 40.8. The van der Waals surface area contributed by atoms with Gasteiger partial charge in [-0.2, -0.15) is 0 Å². The Morgan fingerprint density at radius 3 is 2.58 bits per heavy atom. The minimum absolute atomic E-state index is 0.110. The SMILES string of the molecule is CC(C)c1ccccc1OCC(=O)N(C)CC(=O)N1c2ccccc2NC(=O)C[C@@H]1C. The number of benzene rings is 2. The van der Waals surface area contributed by atoms with E-state index in [4.69, 9.17) is 4.74 Å². The first-order chi connectivity index (χ1) is 14.8. The average Bonchev–Trinajstić information content (AvgIpc) is 2.85. The number of fused-ring (bicyclic) bond motifs is 1. The van der Waals surface area contributed by atoms with Crippen molar-refractivity contribution in [2.45, 2.75) is 39.2 Å². The van der Waals surface area contributed by atoms with Crippen LogP contribution < -0.4 is 15.0 Å². The van der Waals surface area contributed by atoms with Crippen LogP contribution >= 0.6 is 0 Å². The third-order valence-electron chi connectivity index (χ3n) is 5.32. The van der Waals surface area contributed by atoms with Crippen LogP contribution in [0.5, 0.6) is 5.75 Å². The lowest BCUT2D eigenvalue weighted by Gasteiger charge is -2.29. The Kier molecular flexibility index (Phi) is 6.95. The number of hydrogen-bond acceptors (Lipinski definition) is 4. The Balaban J connectivity index is 1.67. The Bertz CT molecular complexity index is 973. The van der Waals surface area contributed by atoms with Crippen molar-refractivity contribution < 1.29 is 19.1 Å². The Labute approximate surface area is 183 Å². The highest BCUT2D eigenvalue weighted by atomic mass is 16.5. The van der Waals surface area contributed by atoms with Gasteiger partial charge in [-0.1, -0.05) is 44.2 Å². The molecule has 0 saturated heterocycles. The van der Waals surface area contributed by atoms with Crippen molar-refractivity contribution in [1.29, 1.82) is 0 Å². The first-order valence-electron chi connectivity index (χ1n) is 10.4. The molecule has 2 aromatic carbocycles. The second-order valence-corrected chi connectivity index (χ2v) is 8.11. The summed E-state index contributed by atoms with van der Waals surface area (Å²) in [5, 5.41) is 2.83. The summed E-state index contributed by atoms with van der Waals surface area (Å²) in [6.07, 6.45) is 0.188. The van der Waals surface area contributed by atoms with Crippen molar-refractivity contribution in [2.75, 3.05) is 30.4 Å². The molecular weight excluding hydrogens is 394 g/mol. The zero-order valence-electron chi connectivity index (χ0n) is 18.4. The average molecular weight is 424 g/mol. The summed E-state index contributed by atoms with van der Waals surface area (Å²) in [6.45, 7) is 5.69. The standard InChI is InChI=1S/C24H29N3O4/c1-16(2)18-9-5-8-12-21(18)31-15-24(30)26(4)14-23(29)27-17(3)13-22(28)25-19-10-6-7-11-20(19)27/h5-12,16-17H,13-15H2,1-4H3,(H,25,28)/t17-/m0/s1. The third-order valence-corrected chi connectivity index (χ3v) is 5.32. The van der Waals surface area contributed by atoms with Gasteiger partial charge < -0.3 is 19.9 Å². The normalized spacial score (nSPS) is 15.7. The number of nitrogens with zero attached hydrogens (tertiary/aromatic N) is 2. The van der Waals surface area contributed by atoms with Crippen molar-refractivity contribution in [1.82, 2.24) is 4.90 Å². The molecule has 164 valence electrons. The molecule has 7 heteroatoms. The van der Waals surface area contributed by atoms with E-state index in [-0.39, 0.29) is 49.3 Å². The summed E-state index contributed by atoms with van der Waals surface area (Å²) < 4.78 is 5.75. The molecule has 1 heterocycles. The molecule has 1 aliphatic rings. The minimum Gasteiger partial charge on any atom is -0.483 e. The minimum atomic E-state index is -0.325. The number of carbonyl (C=O) groups excluding carboxylic acids is 3. The van der Waals surface area contributed by atoms with E-state index in [1.165, 1.54) is 4.90 Å². The summed E-state index contributed by atoms with van der Waals surface area (Å²) in [5.74, 6) is 0.250. The molecule has 3 rings (SSSR count). The number of ether oxygens (including phenoxy) is 1. The highest BCUT2D eigenvalue weighted by molar-refractivity contribution is 6.05. The van der Waals surface area contributed by atoms with Crippen LogP contribution in [0.4, 0.5) is 11.4 Å². The van der Waals surface area contributed by atoms with Gasteiger partial charge in [-0.25, -0.2) is 0 Å². The van der Waals surface area contributed by atoms with Gasteiger partial charge in [-0.05, 0) is 36.6 Å². The lowest BCUT2D eigenvalue weighted by molar-refractivity contribution is -0.135. The second kappa shape index (κ2) is 9.64. The predicted octanol–water partition coefficient (Wildman–Crippen LogP) is 3.41. The fourth-order valence-corrected chi connectivity index (χ4v) is 3.67. The number of nitrogens with one attached hydrogen (secondary N) is 1. The van der Waals surface area contributed by atoms with Crippen molar-refractivity contribution in [3.63, 3.8) is 0 Å². The van der Waals surface area contributed by atoms with E-state index >= 15 is 0 Å². The van der Waals surface area contributed by atoms with Gasteiger partial charge in [0.25, 0.3) is 5.91 Å². The number of carbonyl (C=O) groups is 3. The van der Waals surface area contributed by atoms with Gasteiger partial charge in [-0.15, -0.1) is 0 Å². The molecule has 2 aromatic rings. The molecule has 3 amide bonds. The zero-order chi connectivity index (χ0) is 22.5. The maximum Gasteiger partial charge on any atom is 0.260 e. The number of rotatable bonds is 6. The number of likely N-dealkylation sites (N-methyl/N-ethyl adjacent to an activating group) is 1. The Morgan fingerprint density at radius 2 is 1.84 bits per heavy atom. The van der Waals surface area contributed by atoms with Crippen LogP contribution in [0.3, 0.4) is 0 Å². The van der Waals surface area contributed by atoms with Crippen molar-refractivity contribution in [2.24, 2.45) is 0 Å². The van der Waals surface area contributed by atoms with Crippen molar-refractivity contribution in [3.8, 4) is 5.75 Å². The van der Waals surface area contributed by atoms with E-state index in [2.05, 4.69) is 19.2 Å². The highest BCUT2D eigenvalue weighted by Gasteiger charge is 2.30. The van der Waals surface area contributed by atoms with Gasteiger partial charge in [0, 0.05) is 19.5 Å². The molecule has 0 unspecified atom stereocenters. The second-order valence-electron chi connectivity index (χ2n) is 8.11. The largest absolute Gasteiger partial charge is 0.483 e. The van der Waals surface area contributed by atoms with Gasteiger partial charge in [0.05, 0.1) is 17.9 Å². The quantitative estimate of drug-likeness (QED) is 0.772. The maximum atomic E-state index is 13.1. The number of para-hydroxylation sites is 3. The first kappa shape index (κ1) is 22.3. The number of anilines is 2. The molecule has 0 radical (unpaired) electrons. The highest BCUT2D eigenvalue weighted by Crippen LogP contribution is 2.31. The van der Waals surface area contributed by atoms with Gasteiger partial charge >= 0.3 is 0 Å². The molecule has 0 aromatic heterocycles. The first-order valence-corrected chi connectivity index (χ1v) is 10.4. The lowest BCUT2D eigenvalue weighted by Crippen LogP contribution is -2.46. The van der Waals surface area contributed by atoms with Gasteiger partial charge in [-0.3, -0.25) is 14.4 Å². The monoisotopic (exact) mass is 423 g/mol. The van der Waals surface area contributed by atoms with E-state index in [0.717, 1.165) is 5.56 Å². The molecular formula is C24H29N3O4. The zero-order valence-corrected chi connectivity index (χ0v) is 18.4. The molecule has 0 aliphatic carbocycles. The molecule has 7 nitrogen and oxygen atoms in total. The summed E-state index contributed by atoms with van der Waals surface area (Å²) in [7, 11) is 1.58. The number of hydrogen-bond donors (Lipinski definition) is 1. The molecule has 0 saturated carbocycles. The van der Waals surface area contributed by atoms with Crippen LogP contribution in [-0.2, 0) is 14.4 Å². The van der Waals surface area contributed by atoms with E-state index in [9.17, 15) is 14.4 Å². The molecule has 1 atom stereocenters. The maximum absolute atomic E-state index is 13.1. The van der Waals surface area contributed by atoms with Crippen LogP contribution in [-0.4, -0.2) is 48.9 Å². The third kappa shape index (κ3) is 5.23.